The van der Waals surface area contributed by atoms with Gasteiger partial charge in [-0.3, -0.25) is 37.6 Å². The number of anilines is 3. The zero-order valence-electron chi connectivity index (χ0n) is 76.3. The number of methoxy groups -OCH3 is 4. The molecule has 4 fully saturated rings. The Morgan fingerprint density at radius 2 is 0.794 bits per heavy atom. The fourth-order valence-electron chi connectivity index (χ4n) is 15.3. The van der Waals surface area contributed by atoms with Gasteiger partial charge in [0.25, 0.3) is 17.7 Å². The lowest BCUT2D eigenvalue weighted by molar-refractivity contribution is -0.121. The topological polar surface area (TPSA) is 473 Å². The van der Waals surface area contributed by atoms with E-state index in [4.69, 9.17) is 74.1 Å². The maximum absolute atomic E-state index is 12.7. The second kappa shape index (κ2) is 46.8. The number of aromatic nitrogens is 16. The van der Waals surface area contributed by atoms with Gasteiger partial charge in [-0.15, -0.1) is 0 Å². The van der Waals surface area contributed by atoms with Gasteiger partial charge in [0, 0.05) is 114 Å². The number of aryl methyl sites for hydroxylation is 1. The molecule has 12 heterocycles. The highest BCUT2D eigenvalue weighted by Crippen LogP contribution is 2.43. The van der Waals surface area contributed by atoms with E-state index in [0.29, 0.717) is 91.7 Å². The summed E-state index contributed by atoms with van der Waals surface area (Å²) in [6.45, 7) is 17.5. The summed E-state index contributed by atoms with van der Waals surface area (Å²) in [5, 5.41) is 16.1. The van der Waals surface area contributed by atoms with Crippen LogP contribution < -0.4 is 16.0 Å². The Morgan fingerprint density at radius 3 is 1.13 bits per heavy atom. The zero-order valence-corrected chi connectivity index (χ0v) is 75.4. The van der Waals surface area contributed by atoms with Crippen LogP contribution in [-0.2, 0) is 55.2 Å². The number of amides is 3. The van der Waals surface area contributed by atoms with Crippen molar-refractivity contribution >= 4 is 160 Å². The average Bonchev–Trinajstić information content (AvgIpc) is 1.58. The van der Waals surface area contributed by atoms with Crippen LogP contribution in [0.15, 0.2) is 152 Å². The first-order valence-corrected chi connectivity index (χ1v) is 46.2. The number of nitrogens with zero attached hydrogens (tertiary/aromatic N) is 23. The number of benzene rings is 3. The van der Waals surface area contributed by atoms with Crippen LogP contribution in [0.2, 0.25) is 0 Å². The summed E-state index contributed by atoms with van der Waals surface area (Å²) in [6.07, 6.45) is 5.94. The van der Waals surface area contributed by atoms with Crippen LogP contribution >= 0.6 is 57.8 Å². The monoisotopic (exact) mass is 1840 g/mol. The van der Waals surface area contributed by atoms with Crippen molar-refractivity contribution in [3.63, 3.8) is 0 Å². The molecule has 11 aromatic rings. The second-order valence-electron chi connectivity index (χ2n) is 29.0. The zero-order chi connectivity index (χ0) is 94.2. The number of imidazole rings is 4. The Kier molecular flexibility index (Phi) is 32.5. The first-order valence-electron chi connectivity index (χ1n) is 42.3. The summed E-state index contributed by atoms with van der Waals surface area (Å²) in [7, 11) is 5.00. The quantitative estimate of drug-likeness (QED) is 0.00619. The van der Waals surface area contributed by atoms with Gasteiger partial charge in [0.1, 0.15) is 84.1 Å². The van der Waals surface area contributed by atoms with E-state index < -0.39 is 84.2 Å². The Morgan fingerprint density at radius 1 is 0.484 bits per heavy atom. The van der Waals surface area contributed by atoms with Crippen LogP contribution in [-0.4, -0.2) is 265 Å². The van der Waals surface area contributed by atoms with E-state index in [2.05, 4.69) is 142 Å². The van der Waals surface area contributed by atoms with Crippen LogP contribution in [0, 0.1) is 18.8 Å². The van der Waals surface area contributed by atoms with Gasteiger partial charge in [0.2, 0.25) is 0 Å². The molecule has 4 aliphatic heterocycles. The molecule has 4 saturated heterocycles. The SMILES string of the molecule is COC1[C@@H](C)[C@@H](COC(C)N(C(C)C)C(C)C)O[C@H]1n1cnc2c(NC(=O)c3ccccc3)ncnc21.[2H]P([B][3H])SOC[C@H]1O[C@@H](n2cnc3c(C)ncnc32)C(OC)[C@H]1N=[N+]=[N-].[2H]P([B][3H])SOC[C@H]1O[C@@H](n2cnc3c(NC(=O)c4ccccc4)ncnc32)C(OC)[C@H]1C.[2H]P([B][3H])SOC[C@H]1O[C@@H](n2cnc3c(NC(=O)c4ccccc4)ncnc32)C(OC)[C@H]1N=[N+]=[N-]. The van der Waals surface area contributed by atoms with Crippen molar-refractivity contribution in [1.29, 1.82) is 7.84 Å². The van der Waals surface area contributed by atoms with E-state index in [1.807, 2.05) is 48.7 Å². The van der Waals surface area contributed by atoms with Gasteiger partial charge in [-0.1, -0.05) is 101 Å². The minimum absolute atomic E-state index is 0.00548. The largest absolute Gasteiger partial charge is 0.376 e. The normalized spacial score (nSPS) is 24.8. The molecule has 41 nitrogen and oxygen atoms in total. The molecule has 3 N–H and O–H groups in total. The Bertz CT molecular complexity index is 5710. The van der Waals surface area contributed by atoms with Gasteiger partial charge in [-0.25, -0.2) is 59.8 Å². The van der Waals surface area contributed by atoms with E-state index in [1.165, 1.54) is 45.9 Å². The highest BCUT2D eigenvalue weighted by atomic mass is 32.7. The lowest BCUT2D eigenvalue weighted by Crippen LogP contribution is -2.46. The molecule has 3 aromatic carbocycles. The molecule has 15 rings (SSSR count). The Balaban J connectivity index is 0.000000160. The van der Waals surface area contributed by atoms with Gasteiger partial charge in [-0.05, 0) is 93.0 Å². The molecule has 20 atom stereocenters. The van der Waals surface area contributed by atoms with Gasteiger partial charge in [0.15, 0.2) is 81.5 Å². The fourth-order valence-corrected chi connectivity index (χ4v) is 17.1. The highest BCUT2D eigenvalue weighted by Gasteiger charge is 2.50. The Labute approximate surface area is 753 Å². The molecule has 661 valence electrons. The van der Waals surface area contributed by atoms with E-state index in [-0.39, 0.29) is 85.8 Å². The van der Waals surface area contributed by atoms with Crippen LogP contribution in [0.5, 0.6) is 0 Å². The van der Waals surface area contributed by atoms with Gasteiger partial charge in [-0.2, -0.15) is 0 Å². The van der Waals surface area contributed by atoms with Crippen molar-refractivity contribution in [3.8, 4) is 0 Å². The number of hydrogen-bond acceptors (Lipinski definition) is 33. The Hall–Kier alpha value is -9.10. The van der Waals surface area contributed by atoms with Gasteiger partial charge < -0.3 is 71.1 Å². The van der Waals surface area contributed by atoms with E-state index in [1.54, 1.807) is 108 Å². The molecular formula is C76H95B3N26O15P3S3. The first kappa shape index (κ1) is 87.6. The lowest BCUT2D eigenvalue weighted by atomic mass is 10.0. The summed E-state index contributed by atoms with van der Waals surface area (Å²) in [5.74, 6) is 0.0447. The number of fused-ring (bicyclic) bond motifs is 4. The van der Waals surface area contributed by atoms with Crippen molar-refractivity contribution in [1.82, 2.24) is 83.0 Å². The van der Waals surface area contributed by atoms with E-state index in [0.717, 1.165) is 63.3 Å². The smallest absolute Gasteiger partial charge is 0.256 e. The highest BCUT2D eigenvalue weighted by molar-refractivity contribution is 8.54. The third-order valence-electron chi connectivity index (χ3n) is 21.1. The molecule has 0 bridgehead atoms. The summed E-state index contributed by atoms with van der Waals surface area (Å²) in [6, 6.07) is 25.9. The number of carbonyl (C=O) groups excluding carboxylic acids is 3. The molecule has 8 unspecified atom stereocenters. The molecule has 50 heteroatoms. The van der Waals surface area contributed by atoms with Crippen LogP contribution in [0.3, 0.4) is 0 Å². The summed E-state index contributed by atoms with van der Waals surface area (Å²) < 4.78 is 121. The predicted molar refractivity (Wildman–Crippen MR) is 487 cm³/mol. The van der Waals surface area contributed by atoms with Crippen molar-refractivity contribution in [2.24, 2.45) is 22.1 Å². The lowest BCUT2D eigenvalue weighted by Gasteiger charge is -2.36. The van der Waals surface area contributed by atoms with E-state index in [9.17, 15) is 14.4 Å². The second-order valence-corrected chi connectivity index (χ2v) is 34.0. The molecule has 0 aliphatic carbocycles. The molecule has 0 saturated carbocycles. The van der Waals surface area contributed by atoms with Crippen molar-refractivity contribution in [3.05, 3.63) is 185 Å². The third kappa shape index (κ3) is 22.6. The third-order valence-corrected chi connectivity index (χ3v) is 23.8. The van der Waals surface area contributed by atoms with E-state index >= 15 is 0 Å². The number of rotatable bonds is 37. The number of ether oxygens (including phenoxy) is 9. The molecule has 4 aliphatic rings. The molecule has 3 amide bonds. The minimum atomic E-state index is -1.51. The molecule has 126 heavy (non-hydrogen) atoms. The van der Waals surface area contributed by atoms with Gasteiger partial charge >= 0.3 is 0 Å². The molecule has 8 aromatic heterocycles. The van der Waals surface area contributed by atoms with Crippen molar-refractivity contribution < 1.29 is 69.6 Å². The maximum atomic E-state index is 12.7. The summed E-state index contributed by atoms with van der Waals surface area (Å²) in [4.78, 5) is 97.8. The van der Waals surface area contributed by atoms with Crippen molar-refractivity contribution in [2.75, 3.05) is 70.8 Å². The number of hydrogen-bond donors (Lipinski definition) is 3. The maximum Gasteiger partial charge on any atom is 0.256 e. The molecule has 3 radical (unpaired) electrons. The summed E-state index contributed by atoms with van der Waals surface area (Å²) in [5.41, 5.74) is 24.2. The number of carbonyl (C=O) groups is 3. The summed E-state index contributed by atoms with van der Waals surface area (Å²) >= 11 is 2.71. The average molecular weight is 1840 g/mol. The van der Waals surface area contributed by atoms with Crippen LogP contribution in [0.25, 0.3) is 65.5 Å². The number of azide groups is 2. The molecular weight excluding hydrogens is 1740 g/mol. The fraction of sp³-hybridized carbons (Fsp3) is 0.461. The van der Waals surface area contributed by atoms with Crippen LogP contribution in [0.1, 0.15) is 110 Å². The van der Waals surface area contributed by atoms with Crippen molar-refractivity contribution in [2.45, 2.75) is 160 Å². The first-order chi connectivity index (χ1) is 63.9. The number of nitrogens with one attached hydrogen (secondary N) is 3. The predicted octanol–water partition coefficient (Wildman–Crippen LogP) is 11.4. The van der Waals surface area contributed by atoms with Gasteiger partial charge in [0.05, 0.1) is 97.8 Å². The molecule has 0 spiro atoms. The standard InChI is InChI=1S/C27H38N6O4.C19H22BN5O4PS.C18H19BN8O4PS.C12H16BN7O3PS/c1-16(2)33(17(3)4)19(6)36-13-21-18(5)23(35-7)27(37-21)32-15-30-22-24(28-14-29-25(22)32)31-26(34)20-11-9-8-10-12-20;1-11-13(8-28-31-30-20)29-19(15(11)27-2)25-10-23-14-16(21-9-22-17(14)25)24-18(26)12-6-4-3-5-7-12;1-29-14-12(25-26-20)11(7-30-33-32-19)31-18(14)27-9-23-13-15(21-8-22-16(13)27)24-17(28)10-5-3-2-4-6-10;1-6-8-11(16-4-15-6)20(5-17-8)12-10(21-2)9(18-19-14)7(23-12)3-22-25-24-13/h8-12,14-19,21,23,27H,13H2,1-7H3,(H,28,29,31,34);3-7,9-11,13,15,19-20,30H,8H2,1-2H3,(H,21,22,24,26);2-6,8-9,11-12,14,18-19,32H,7H2,1H3,(H,21,22,24,28);4-5,7,9-10,12-13,24H,3H2,1-2H3/t18-,19?,21+,23?,27+;11-,13+,15?,19+,30?;11-,12+,14?,18-,32?;7-,9+,10?,12-,24?/m0011/s1/i;20T,30D;19T,32D;13T,24D. The van der Waals surface area contributed by atoms with Crippen LogP contribution in [0.4, 0.5) is 17.5 Å². The minimum Gasteiger partial charge on any atom is -0.376 e.